The predicted octanol–water partition coefficient (Wildman–Crippen LogP) is 3.25. The maximum Gasteiger partial charge on any atom is 0.123 e. The van der Waals surface area contributed by atoms with Crippen LogP contribution in [0.1, 0.15) is 24.5 Å². The molecule has 1 aromatic rings. The molecule has 1 rings (SSSR count). The van der Waals surface area contributed by atoms with Crippen molar-refractivity contribution in [3.05, 3.63) is 41.7 Å². The molecule has 0 bridgehead atoms. The first-order valence-corrected chi connectivity index (χ1v) is 4.18. The van der Waals surface area contributed by atoms with Crippen LogP contribution in [0.4, 0.5) is 4.39 Å². The molecule has 0 aromatic heterocycles. The fourth-order valence-corrected chi connectivity index (χ4v) is 1.16. The monoisotopic (exact) mass is 177 g/mol. The molecular weight excluding hydrogens is 165 g/mol. The van der Waals surface area contributed by atoms with Crippen LogP contribution < -0.4 is 0 Å². The average Bonchev–Trinajstić information content (AvgIpc) is 2.16. The van der Waals surface area contributed by atoms with E-state index in [1.807, 2.05) is 6.92 Å². The van der Waals surface area contributed by atoms with Crippen LogP contribution in [0.2, 0.25) is 0 Å². The van der Waals surface area contributed by atoms with Crippen molar-refractivity contribution in [3.63, 3.8) is 0 Å². The van der Waals surface area contributed by atoms with Gasteiger partial charge >= 0.3 is 0 Å². The Morgan fingerprint density at radius 1 is 1.62 bits per heavy atom. The highest BCUT2D eigenvalue weighted by Gasteiger charge is 2.04. The van der Waals surface area contributed by atoms with Crippen molar-refractivity contribution in [2.24, 2.45) is 0 Å². The summed E-state index contributed by atoms with van der Waals surface area (Å²) < 4.78 is 12.8. The van der Waals surface area contributed by atoms with Crippen molar-refractivity contribution in [3.8, 4) is 0 Å². The average molecular weight is 177 g/mol. The molecule has 0 saturated carbocycles. The van der Waals surface area contributed by atoms with Crippen molar-refractivity contribution in [1.29, 1.82) is 5.41 Å². The van der Waals surface area contributed by atoms with Gasteiger partial charge in [-0.25, -0.2) is 4.39 Å². The predicted molar refractivity (Wildman–Crippen MR) is 53.6 cm³/mol. The maximum absolute atomic E-state index is 12.8. The Bertz CT molecular complexity index is 342. The summed E-state index contributed by atoms with van der Waals surface area (Å²) in [5, 5.41) is 7.60. The zero-order valence-electron chi connectivity index (χ0n) is 7.60. The summed E-state index contributed by atoms with van der Waals surface area (Å²) in [7, 11) is 0. The van der Waals surface area contributed by atoms with Gasteiger partial charge in [0.15, 0.2) is 0 Å². The molecule has 2 heteroatoms. The van der Waals surface area contributed by atoms with E-state index in [0.29, 0.717) is 17.7 Å². The first kappa shape index (κ1) is 9.65. The summed E-state index contributed by atoms with van der Waals surface area (Å²) in [6.45, 7) is 5.49. The van der Waals surface area contributed by atoms with Crippen molar-refractivity contribution >= 4 is 11.8 Å². The van der Waals surface area contributed by atoms with Gasteiger partial charge in [0, 0.05) is 11.3 Å². The van der Waals surface area contributed by atoms with Crippen molar-refractivity contribution < 1.29 is 4.39 Å². The summed E-state index contributed by atoms with van der Waals surface area (Å²) in [6.07, 6.45) is 2.24. The Kier molecular flexibility index (Phi) is 2.96. The summed E-state index contributed by atoms with van der Waals surface area (Å²) in [5.41, 5.74) is 1.89. The quantitative estimate of drug-likeness (QED) is 0.685. The van der Waals surface area contributed by atoms with Gasteiger partial charge in [-0.05, 0) is 24.1 Å². The second kappa shape index (κ2) is 3.99. The van der Waals surface area contributed by atoms with Gasteiger partial charge in [-0.15, -0.1) is 0 Å². The Hall–Kier alpha value is -1.44. The molecule has 0 aliphatic carbocycles. The van der Waals surface area contributed by atoms with Gasteiger partial charge in [-0.1, -0.05) is 25.6 Å². The first-order chi connectivity index (χ1) is 6.19. The minimum atomic E-state index is -0.307. The third kappa shape index (κ3) is 2.02. The zero-order chi connectivity index (χ0) is 9.84. The molecule has 0 saturated heterocycles. The third-order valence-electron chi connectivity index (χ3n) is 1.91. The Labute approximate surface area is 77.4 Å². The molecule has 0 unspecified atom stereocenters. The highest BCUT2D eigenvalue weighted by Crippen LogP contribution is 2.14. The van der Waals surface area contributed by atoms with E-state index in [0.717, 1.165) is 5.56 Å². The Morgan fingerprint density at radius 2 is 2.31 bits per heavy atom. The largest absolute Gasteiger partial charge is 0.305 e. The lowest BCUT2D eigenvalue weighted by molar-refractivity contribution is 0.627. The van der Waals surface area contributed by atoms with Gasteiger partial charge in [-0.2, -0.15) is 0 Å². The zero-order valence-corrected chi connectivity index (χ0v) is 7.60. The van der Waals surface area contributed by atoms with Gasteiger partial charge in [0.05, 0.1) is 0 Å². The molecular formula is C11H12FN. The molecule has 0 aliphatic rings. The van der Waals surface area contributed by atoms with E-state index in [2.05, 4.69) is 6.58 Å². The minimum Gasteiger partial charge on any atom is -0.305 e. The van der Waals surface area contributed by atoms with Gasteiger partial charge in [-0.3, -0.25) is 0 Å². The fourth-order valence-electron chi connectivity index (χ4n) is 1.16. The molecule has 1 N–H and O–H groups in total. The van der Waals surface area contributed by atoms with Crippen LogP contribution in [-0.4, -0.2) is 5.71 Å². The number of benzene rings is 1. The Morgan fingerprint density at radius 3 is 2.85 bits per heavy atom. The Balaban J connectivity index is 3.23. The lowest BCUT2D eigenvalue weighted by atomic mass is 10.0. The molecule has 0 atom stereocenters. The van der Waals surface area contributed by atoms with Gasteiger partial charge in [0.1, 0.15) is 5.82 Å². The smallest absolute Gasteiger partial charge is 0.123 e. The molecule has 0 fully saturated rings. The maximum atomic E-state index is 12.8. The van der Waals surface area contributed by atoms with E-state index in [-0.39, 0.29) is 5.82 Å². The summed E-state index contributed by atoms with van der Waals surface area (Å²) in [4.78, 5) is 0. The highest BCUT2D eigenvalue weighted by molar-refractivity contribution is 6.01. The molecule has 0 spiro atoms. The van der Waals surface area contributed by atoms with E-state index in [4.69, 9.17) is 5.41 Å². The van der Waals surface area contributed by atoms with Crippen molar-refractivity contribution in [2.45, 2.75) is 13.3 Å². The second-order valence-electron chi connectivity index (χ2n) is 2.77. The lowest BCUT2D eigenvalue weighted by Crippen LogP contribution is -2.00. The van der Waals surface area contributed by atoms with Crippen molar-refractivity contribution in [1.82, 2.24) is 0 Å². The number of nitrogens with one attached hydrogen (secondary N) is 1. The summed E-state index contributed by atoms with van der Waals surface area (Å²) in [5.74, 6) is -0.307. The number of halogens is 1. The summed E-state index contributed by atoms with van der Waals surface area (Å²) in [6, 6.07) is 4.40. The summed E-state index contributed by atoms with van der Waals surface area (Å²) >= 11 is 0. The van der Waals surface area contributed by atoms with Crippen LogP contribution in [0.15, 0.2) is 24.8 Å². The van der Waals surface area contributed by atoms with Gasteiger partial charge in [0.25, 0.3) is 0 Å². The lowest BCUT2D eigenvalue weighted by Gasteiger charge is -2.05. The van der Waals surface area contributed by atoms with Crippen LogP contribution in [0.5, 0.6) is 0 Å². The van der Waals surface area contributed by atoms with E-state index in [9.17, 15) is 4.39 Å². The molecule has 13 heavy (non-hydrogen) atoms. The molecule has 0 radical (unpaired) electrons. The highest BCUT2D eigenvalue weighted by atomic mass is 19.1. The standard InChI is InChI=1S/C11H12FN/c1-3-8-5-6-9(12)7-10(8)11(13)4-2/h3,5-7,13H,1,4H2,2H3. The van der Waals surface area contributed by atoms with E-state index in [1.54, 1.807) is 12.1 Å². The number of hydrogen-bond acceptors (Lipinski definition) is 1. The second-order valence-corrected chi connectivity index (χ2v) is 2.77. The van der Waals surface area contributed by atoms with Gasteiger partial charge in [0.2, 0.25) is 0 Å². The molecule has 0 heterocycles. The normalized spacial score (nSPS) is 9.69. The van der Waals surface area contributed by atoms with Crippen LogP contribution in [0, 0.1) is 11.2 Å². The van der Waals surface area contributed by atoms with Gasteiger partial charge < -0.3 is 5.41 Å². The first-order valence-electron chi connectivity index (χ1n) is 4.18. The topological polar surface area (TPSA) is 23.9 Å². The van der Waals surface area contributed by atoms with Crippen LogP contribution in [-0.2, 0) is 0 Å². The van der Waals surface area contributed by atoms with Crippen LogP contribution >= 0.6 is 0 Å². The van der Waals surface area contributed by atoms with Crippen LogP contribution in [0.3, 0.4) is 0 Å². The van der Waals surface area contributed by atoms with E-state index < -0.39 is 0 Å². The molecule has 0 aliphatic heterocycles. The SMILES string of the molecule is C=Cc1ccc(F)cc1C(=N)CC. The molecule has 0 amide bonds. The van der Waals surface area contributed by atoms with Crippen molar-refractivity contribution in [2.75, 3.05) is 0 Å². The third-order valence-corrected chi connectivity index (χ3v) is 1.91. The molecule has 1 aromatic carbocycles. The van der Waals surface area contributed by atoms with Crippen LogP contribution in [0.25, 0.3) is 6.08 Å². The number of hydrogen-bond donors (Lipinski definition) is 1. The number of rotatable bonds is 3. The van der Waals surface area contributed by atoms with E-state index >= 15 is 0 Å². The minimum absolute atomic E-state index is 0.307. The fraction of sp³-hybridized carbons (Fsp3) is 0.182. The molecule has 1 nitrogen and oxygen atoms in total. The van der Waals surface area contributed by atoms with E-state index in [1.165, 1.54) is 12.1 Å². The molecule has 68 valence electrons.